The lowest BCUT2D eigenvalue weighted by atomic mass is 9.66. The Bertz CT molecular complexity index is 1270. The van der Waals surface area contributed by atoms with E-state index in [1.54, 1.807) is 65.2 Å². The van der Waals surface area contributed by atoms with E-state index >= 15 is 0 Å². The van der Waals surface area contributed by atoms with Crippen molar-refractivity contribution >= 4 is 52.5 Å². The van der Waals surface area contributed by atoms with Gasteiger partial charge in [0.1, 0.15) is 11.8 Å². The number of rotatable bonds is 9. The summed E-state index contributed by atoms with van der Waals surface area (Å²) in [5, 5.41) is 16.5. The highest BCUT2D eigenvalue weighted by Crippen LogP contribution is 2.71. The number of para-hydroxylation sites is 1. The zero-order valence-electron chi connectivity index (χ0n) is 22.3. The fourth-order valence-corrected chi connectivity index (χ4v) is 9.18. The lowest BCUT2D eigenvalue weighted by Gasteiger charge is -2.36. The number of thioether (sulfide) groups is 1. The minimum absolute atomic E-state index is 0.238. The average Bonchev–Trinajstić information content (AvgIpc) is 3.48. The number of anilines is 2. The van der Waals surface area contributed by atoms with Crippen LogP contribution in [0.15, 0.2) is 48.5 Å². The van der Waals surface area contributed by atoms with Crippen LogP contribution in [0.5, 0.6) is 5.75 Å². The van der Waals surface area contributed by atoms with Crippen molar-refractivity contribution in [3.05, 3.63) is 53.6 Å². The minimum Gasteiger partial charge on any atom is -0.494 e. The molecule has 3 aliphatic heterocycles. The Morgan fingerprint density at radius 1 is 1.13 bits per heavy atom. The lowest BCUT2D eigenvalue weighted by Crippen LogP contribution is -2.54. The normalized spacial score (nSPS) is 29.7. The smallest absolute Gasteiger partial charge is 0.248 e. The van der Waals surface area contributed by atoms with E-state index in [0.29, 0.717) is 48.0 Å². The molecule has 2 aromatic rings. The van der Waals surface area contributed by atoms with Gasteiger partial charge in [-0.3, -0.25) is 14.4 Å². The number of aliphatic hydroxyl groups excluding tert-OH is 1. The molecular formula is C29H34ClN3O5S. The van der Waals surface area contributed by atoms with Crippen molar-refractivity contribution < 1.29 is 24.2 Å². The number of benzene rings is 2. The minimum atomic E-state index is -0.849. The largest absolute Gasteiger partial charge is 0.494 e. The molecule has 8 nitrogen and oxygen atoms in total. The van der Waals surface area contributed by atoms with Crippen molar-refractivity contribution in [2.45, 2.75) is 61.6 Å². The van der Waals surface area contributed by atoms with Crippen LogP contribution in [0.3, 0.4) is 0 Å². The highest BCUT2D eigenvalue weighted by Gasteiger charge is 2.77. The van der Waals surface area contributed by atoms with Crippen molar-refractivity contribution in [1.29, 1.82) is 0 Å². The van der Waals surface area contributed by atoms with E-state index in [4.69, 9.17) is 16.3 Å². The molecule has 2 unspecified atom stereocenters. The zero-order chi connectivity index (χ0) is 27.9. The van der Waals surface area contributed by atoms with E-state index in [2.05, 4.69) is 10.6 Å². The first kappa shape index (κ1) is 27.8. The monoisotopic (exact) mass is 571 g/mol. The molecule has 2 bridgehead atoms. The van der Waals surface area contributed by atoms with Crippen LogP contribution in [0.2, 0.25) is 5.02 Å². The van der Waals surface area contributed by atoms with Crippen LogP contribution < -0.4 is 15.4 Å². The van der Waals surface area contributed by atoms with Crippen molar-refractivity contribution in [2.24, 2.45) is 11.8 Å². The molecule has 0 aromatic heterocycles. The third-order valence-electron chi connectivity index (χ3n) is 8.39. The fourth-order valence-electron chi connectivity index (χ4n) is 6.66. The number of nitrogens with one attached hydrogen (secondary N) is 2. The number of carbonyl (C=O) groups is 3. The first-order chi connectivity index (χ1) is 18.7. The highest BCUT2D eigenvalue weighted by atomic mass is 35.5. The van der Waals surface area contributed by atoms with Gasteiger partial charge in [0.2, 0.25) is 17.7 Å². The van der Waals surface area contributed by atoms with Gasteiger partial charge >= 0.3 is 0 Å². The molecule has 6 atom stereocenters. The van der Waals surface area contributed by atoms with Crippen LogP contribution >= 0.6 is 23.4 Å². The number of fused-ring (bicyclic) bond motifs is 1. The second kappa shape index (κ2) is 10.7. The molecule has 2 aromatic carbocycles. The van der Waals surface area contributed by atoms with E-state index in [9.17, 15) is 19.5 Å². The number of ether oxygens (including phenoxy) is 1. The fraction of sp³-hybridized carbons (Fsp3) is 0.483. The number of hydrogen-bond acceptors (Lipinski definition) is 6. The summed E-state index contributed by atoms with van der Waals surface area (Å²) in [6.45, 7) is 6.08. The summed E-state index contributed by atoms with van der Waals surface area (Å²) in [5.74, 6) is -1.45. The molecule has 39 heavy (non-hydrogen) atoms. The maximum Gasteiger partial charge on any atom is 0.248 e. The van der Waals surface area contributed by atoms with E-state index in [1.807, 2.05) is 20.8 Å². The third kappa shape index (κ3) is 4.58. The quantitative estimate of drug-likeness (QED) is 0.407. The van der Waals surface area contributed by atoms with E-state index in [1.165, 1.54) is 0 Å². The summed E-state index contributed by atoms with van der Waals surface area (Å²) in [4.78, 5) is 43.5. The van der Waals surface area contributed by atoms with Crippen LogP contribution in [0.4, 0.5) is 11.4 Å². The third-order valence-corrected chi connectivity index (χ3v) is 10.7. The highest BCUT2D eigenvalue weighted by molar-refractivity contribution is 8.02. The van der Waals surface area contributed by atoms with Crippen LogP contribution in [-0.2, 0) is 14.4 Å². The van der Waals surface area contributed by atoms with Gasteiger partial charge in [-0.15, -0.1) is 11.8 Å². The molecule has 3 fully saturated rings. The van der Waals surface area contributed by atoms with Gasteiger partial charge in [0, 0.05) is 10.4 Å². The molecular weight excluding hydrogens is 538 g/mol. The number of halogens is 1. The topological polar surface area (TPSA) is 108 Å². The Morgan fingerprint density at radius 3 is 2.49 bits per heavy atom. The van der Waals surface area contributed by atoms with Gasteiger partial charge in [-0.05, 0) is 69.5 Å². The molecule has 10 heteroatoms. The first-order valence-corrected chi connectivity index (χ1v) is 14.6. The Balaban J connectivity index is 1.49. The van der Waals surface area contributed by atoms with Gasteiger partial charge in [-0.2, -0.15) is 0 Å². The van der Waals surface area contributed by atoms with Gasteiger partial charge in [0.15, 0.2) is 0 Å². The molecule has 0 saturated carbocycles. The molecule has 3 amide bonds. The van der Waals surface area contributed by atoms with Gasteiger partial charge in [-0.1, -0.05) is 30.7 Å². The number of carbonyl (C=O) groups excluding carboxylic acids is 3. The first-order valence-electron chi connectivity index (χ1n) is 13.4. The Labute approximate surface area is 237 Å². The molecule has 3 aliphatic rings. The van der Waals surface area contributed by atoms with Crippen molar-refractivity contribution in [3.8, 4) is 5.75 Å². The van der Waals surface area contributed by atoms with Crippen molar-refractivity contribution in [3.63, 3.8) is 0 Å². The second-order valence-corrected chi connectivity index (χ2v) is 12.9. The van der Waals surface area contributed by atoms with Crippen LogP contribution in [0.1, 0.15) is 40.0 Å². The maximum absolute atomic E-state index is 14.2. The van der Waals surface area contributed by atoms with Crippen LogP contribution in [-0.4, -0.2) is 62.5 Å². The molecule has 5 rings (SSSR count). The summed E-state index contributed by atoms with van der Waals surface area (Å²) in [6.07, 6.45) is 1.80. The van der Waals surface area contributed by atoms with E-state index < -0.39 is 33.4 Å². The zero-order valence-corrected chi connectivity index (χ0v) is 23.8. The van der Waals surface area contributed by atoms with E-state index in [0.717, 1.165) is 0 Å². The lowest BCUT2D eigenvalue weighted by molar-refractivity contribution is -0.141. The van der Waals surface area contributed by atoms with Gasteiger partial charge in [0.25, 0.3) is 0 Å². The summed E-state index contributed by atoms with van der Waals surface area (Å²) in [7, 11) is 0. The van der Waals surface area contributed by atoms with Gasteiger partial charge in [-0.25, -0.2) is 0 Å². The molecule has 0 radical (unpaired) electrons. The summed E-state index contributed by atoms with van der Waals surface area (Å²) >= 11 is 7.92. The SMILES string of the molecule is CCOc1ccc(NC(=O)[C@@H]2[C@H]3C(=O)N([C@@H](CC)CO)C(C(=O)Nc4ccccc4Cl)C34CC[C@@]2(C)S4)cc1. The maximum atomic E-state index is 14.2. The summed E-state index contributed by atoms with van der Waals surface area (Å²) in [5.41, 5.74) is 1.08. The molecule has 3 N–H and O–H groups in total. The Morgan fingerprint density at radius 2 is 1.85 bits per heavy atom. The predicted molar refractivity (Wildman–Crippen MR) is 153 cm³/mol. The number of nitrogens with zero attached hydrogens (tertiary/aromatic N) is 1. The van der Waals surface area contributed by atoms with Gasteiger partial charge in [0.05, 0.1) is 46.5 Å². The number of hydrogen-bond donors (Lipinski definition) is 3. The van der Waals surface area contributed by atoms with Gasteiger partial charge < -0.3 is 25.4 Å². The summed E-state index contributed by atoms with van der Waals surface area (Å²) < 4.78 is 4.20. The molecule has 0 aliphatic carbocycles. The summed E-state index contributed by atoms with van der Waals surface area (Å²) in [6, 6.07) is 12.7. The van der Waals surface area contributed by atoms with Crippen molar-refractivity contribution in [2.75, 3.05) is 23.8 Å². The van der Waals surface area contributed by atoms with E-state index in [-0.39, 0.29) is 24.3 Å². The Hall–Kier alpha value is -2.75. The molecule has 1 spiro atoms. The standard InChI is InChI=1S/C29H34ClN3O5S/c1-4-18(16-34)33-24(26(36)32-21-9-7-6-8-20(21)30)29-15-14-28(3,39-29)22(23(29)27(33)37)25(35)31-17-10-12-19(13-11-17)38-5-2/h6-13,18,22-24,34H,4-5,14-16H2,1-3H3,(H,31,35)(H,32,36)/t18-,22-,23-,24?,28+,29?/m0/s1. The molecule has 3 heterocycles. The second-order valence-electron chi connectivity index (χ2n) is 10.6. The molecule has 208 valence electrons. The number of likely N-dealkylation sites (tertiary alicyclic amines) is 1. The predicted octanol–water partition coefficient (Wildman–Crippen LogP) is 4.57. The Kier molecular flexibility index (Phi) is 7.61. The van der Waals surface area contributed by atoms with Crippen LogP contribution in [0.25, 0.3) is 0 Å². The number of amides is 3. The van der Waals surface area contributed by atoms with Crippen LogP contribution in [0, 0.1) is 11.8 Å². The van der Waals surface area contributed by atoms with Crippen molar-refractivity contribution in [1.82, 2.24) is 4.90 Å². The number of aliphatic hydroxyl groups is 1. The molecule has 3 saturated heterocycles. The average molecular weight is 572 g/mol.